The van der Waals surface area contributed by atoms with Gasteiger partial charge in [-0.1, -0.05) is 11.3 Å². The first kappa shape index (κ1) is 11.5. The van der Waals surface area contributed by atoms with Gasteiger partial charge in [0.25, 0.3) is 0 Å². The highest BCUT2D eigenvalue weighted by Gasteiger charge is 2.29. The van der Waals surface area contributed by atoms with Crippen LogP contribution >= 0.6 is 11.3 Å². The third-order valence-corrected chi connectivity index (χ3v) is 4.24. The Morgan fingerprint density at radius 1 is 1.62 bits per heavy atom. The summed E-state index contributed by atoms with van der Waals surface area (Å²) in [6.07, 6.45) is 2.12. The fourth-order valence-electron chi connectivity index (χ4n) is 2.02. The molecule has 4 nitrogen and oxygen atoms in total. The van der Waals surface area contributed by atoms with Crippen LogP contribution in [0.15, 0.2) is 0 Å². The molecule has 1 aromatic rings. The Bertz CT molecular complexity index is 391. The predicted molar refractivity (Wildman–Crippen MR) is 64.5 cm³/mol. The molecule has 0 radical (unpaired) electrons. The van der Waals surface area contributed by atoms with Crippen LogP contribution in [-0.2, 0) is 4.74 Å². The van der Waals surface area contributed by atoms with E-state index in [1.165, 1.54) is 11.3 Å². The number of nitrogens with zero attached hydrogens (tertiary/aromatic N) is 2. The second kappa shape index (κ2) is 4.51. The van der Waals surface area contributed by atoms with Crippen molar-refractivity contribution in [1.82, 2.24) is 4.98 Å². The number of hydrogen-bond donors (Lipinski definition) is 0. The number of carbonyl (C=O) groups is 1. The van der Waals surface area contributed by atoms with Crippen LogP contribution in [-0.4, -0.2) is 37.1 Å². The highest BCUT2D eigenvalue weighted by Crippen LogP contribution is 2.29. The lowest BCUT2D eigenvalue weighted by molar-refractivity contribution is 0.112. The molecule has 16 heavy (non-hydrogen) atoms. The highest BCUT2D eigenvalue weighted by atomic mass is 32.1. The maximum Gasteiger partial charge on any atom is 0.186 e. The molecule has 0 saturated carbocycles. The van der Waals surface area contributed by atoms with Gasteiger partial charge in [-0.05, 0) is 20.3 Å². The topological polar surface area (TPSA) is 42.4 Å². The minimum atomic E-state index is 0.230. The maximum atomic E-state index is 10.8. The van der Waals surface area contributed by atoms with Gasteiger partial charge in [0.05, 0.1) is 22.7 Å². The van der Waals surface area contributed by atoms with E-state index in [-0.39, 0.29) is 6.10 Å². The monoisotopic (exact) mass is 240 g/mol. The fraction of sp³-hybridized carbons (Fsp3) is 0.636. The first-order chi connectivity index (χ1) is 7.63. The number of ether oxygens (including phenoxy) is 1. The summed E-state index contributed by atoms with van der Waals surface area (Å²) in [5, 5.41) is 0.905. The normalized spacial score (nSPS) is 24.7. The number of aromatic nitrogens is 1. The van der Waals surface area contributed by atoms with Gasteiger partial charge in [-0.3, -0.25) is 4.79 Å². The fourth-order valence-corrected chi connectivity index (χ4v) is 2.92. The molecule has 1 aliphatic heterocycles. The third-order valence-electron chi connectivity index (χ3n) is 3.06. The average molecular weight is 240 g/mol. The summed E-state index contributed by atoms with van der Waals surface area (Å²) in [5.74, 6) is 0. The quantitative estimate of drug-likeness (QED) is 0.757. The second-order valence-corrected chi connectivity index (χ2v) is 5.12. The zero-order chi connectivity index (χ0) is 11.7. The van der Waals surface area contributed by atoms with Crippen LogP contribution in [0.2, 0.25) is 0 Å². The van der Waals surface area contributed by atoms with E-state index in [2.05, 4.69) is 16.8 Å². The summed E-state index contributed by atoms with van der Waals surface area (Å²) in [6.45, 7) is 4.75. The van der Waals surface area contributed by atoms with Crippen LogP contribution in [0.25, 0.3) is 0 Å². The lowest BCUT2D eigenvalue weighted by atomic mass is 10.1. The van der Waals surface area contributed by atoms with Crippen LogP contribution in [0.1, 0.15) is 28.7 Å². The van der Waals surface area contributed by atoms with Crippen molar-refractivity contribution in [1.29, 1.82) is 0 Å². The van der Waals surface area contributed by atoms with E-state index >= 15 is 0 Å². The molecule has 0 bridgehead atoms. The molecule has 1 aliphatic rings. The van der Waals surface area contributed by atoms with Gasteiger partial charge in [0.15, 0.2) is 11.4 Å². The van der Waals surface area contributed by atoms with E-state index < -0.39 is 0 Å². The van der Waals surface area contributed by atoms with E-state index in [1.807, 2.05) is 14.0 Å². The van der Waals surface area contributed by atoms with Crippen molar-refractivity contribution in [3.63, 3.8) is 0 Å². The summed E-state index contributed by atoms with van der Waals surface area (Å²) in [7, 11) is 2.02. The molecule has 2 rings (SSSR count). The van der Waals surface area contributed by atoms with Gasteiger partial charge < -0.3 is 9.64 Å². The molecule has 2 unspecified atom stereocenters. The number of carbonyl (C=O) groups excluding carboxylic acids is 1. The van der Waals surface area contributed by atoms with Crippen LogP contribution in [0.4, 0.5) is 5.13 Å². The Hall–Kier alpha value is -0.940. The maximum absolute atomic E-state index is 10.8. The van der Waals surface area contributed by atoms with Gasteiger partial charge in [0, 0.05) is 13.7 Å². The molecule has 0 amide bonds. The molecule has 0 spiro atoms. The standard InChI is InChI=1S/C11H16N2O2S/c1-7-10(6-14)16-11(12-7)13(3)9-4-5-15-8(9)2/h6,8-9H,4-5H2,1-3H3. The molecule has 0 aromatic carbocycles. The van der Waals surface area contributed by atoms with Crippen molar-refractivity contribution in [3.05, 3.63) is 10.6 Å². The molecule has 0 aliphatic carbocycles. The van der Waals surface area contributed by atoms with Crippen molar-refractivity contribution in [2.45, 2.75) is 32.4 Å². The number of rotatable bonds is 3. The Kier molecular flexibility index (Phi) is 3.25. The number of aldehydes is 1. The molecular formula is C11H16N2O2S. The van der Waals surface area contributed by atoms with Crippen LogP contribution in [0, 0.1) is 6.92 Å². The molecular weight excluding hydrogens is 224 g/mol. The lowest BCUT2D eigenvalue weighted by Crippen LogP contribution is -2.36. The molecule has 2 atom stereocenters. The number of thiazole rings is 1. The average Bonchev–Trinajstić information content (AvgIpc) is 2.83. The van der Waals surface area contributed by atoms with Crippen LogP contribution in [0.5, 0.6) is 0 Å². The van der Waals surface area contributed by atoms with E-state index in [0.29, 0.717) is 10.9 Å². The zero-order valence-electron chi connectivity index (χ0n) is 9.77. The molecule has 2 heterocycles. The smallest absolute Gasteiger partial charge is 0.186 e. The highest BCUT2D eigenvalue weighted by molar-refractivity contribution is 7.17. The summed E-state index contributed by atoms with van der Waals surface area (Å²) in [6, 6.07) is 0.366. The van der Waals surface area contributed by atoms with E-state index in [9.17, 15) is 4.79 Å². The summed E-state index contributed by atoms with van der Waals surface area (Å²) >= 11 is 1.45. The van der Waals surface area contributed by atoms with Crippen LogP contribution in [0.3, 0.4) is 0 Å². The lowest BCUT2D eigenvalue weighted by Gasteiger charge is -2.25. The first-order valence-corrected chi connectivity index (χ1v) is 6.22. The van der Waals surface area contributed by atoms with Gasteiger partial charge in [0.2, 0.25) is 0 Å². The van der Waals surface area contributed by atoms with Gasteiger partial charge >= 0.3 is 0 Å². The van der Waals surface area contributed by atoms with Crippen molar-refractivity contribution < 1.29 is 9.53 Å². The molecule has 1 fully saturated rings. The molecule has 88 valence electrons. The zero-order valence-corrected chi connectivity index (χ0v) is 10.6. The Balaban J connectivity index is 2.19. The molecule has 1 aromatic heterocycles. The van der Waals surface area contributed by atoms with Crippen LogP contribution < -0.4 is 4.90 Å². The van der Waals surface area contributed by atoms with Crippen molar-refractivity contribution >= 4 is 22.8 Å². The minimum absolute atomic E-state index is 0.230. The number of hydrogen-bond acceptors (Lipinski definition) is 5. The molecule has 5 heteroatoms. The van der Waals surface area contributed by atoms with Gasteiger partial charge in [-0.25, -0.2) is 4.98 Å². The van der Waals surface area contributed by atoms with Crippen molar-refractivity contribution in [2.24, 2.45) is 0 Å². The summed E-state index contributed by atoms with van der Waals surface area (Å²) in [4.78, 5) is 18.0. The SMILES string of the molecule is Cc1nc(N(C)C2CCOC2C)sc1C=O. The summed E-state index contributed by atoms with van der Waals surface area (Å²) < 4.78 is 5.54. The van der Waals surface area contributed by atoms with Gasteiger partial charge in [-0.2, -0.15) is 0 Å². The number of likely N-dealkylation sites (N-methyl/N-ethyl adjacent to an activating group) is 1. The second-order valence-electron chi connectivity index (χ2n) is 4.11. The Morgan fingerprint density at radius 3 is 2.88 bits per heavy atom. The molecule has 1 saturated heterocycles. The van der Waals surface area contributed by atoms with Crippen molar-refractivity contribution in [3.8, 4) is 0 Å². The Labute approximate surface area is 99.2 Å². The van der Waals surface area contributed by atoms with Gasteiger partial charge in [-0.15, -0.1) is 0 Å². The molecule has 0 N–H and O–H groups in total. The third kappa shape index (κ3) is 1.97. The van der Waals surface area contributed by atoms with E-state index in [4.69, 9.17) is 4.74 Å². The van der Waals surface area contributed by atoms with Crippen molar-refractivity contribution in [2.75, 3.05) is 18.6 Å². The van der Waals surface area contributed by atoms with E-state index in [0.717, 1.165) is 30.1 Å². The number of anilines is 1. The number of aryl methyl sites for hydroxylation is 1. The predicted octanol–water partition coefficient (Wildman–Crippen LogP) is 1.88. The van der Waals surface area contributed by atoms with E-state index in [1.54, 1.807) is 0 Å². The van der Waals surface area contributed by atoms with Gasteiger partial charge in [0.1, 0.15) is 0 Å². The minimum Gasteiger partial charge on any atom is -0.376 e. The first-order valence-electron chi connectivity index (χ1n) is 5.40. The largest absolute Gasteiger partial charge is 0.376 e. The Morgan fingerprint density at radius 2 is 2.38 bits per heavy atom. The summed E-state index contributed by atoms with van der Waals surface area (Å²) in [5.41, 5.74) is 0.813.